The van der Waals surface area contributed by atoms with Crippen molar-refractivity contribution in [3.63, 3.8) is 0 Å². The Balaban J connectivity index is 0.000000655. The number of nitrogens with zero attached hydrogens (tertiary/aromatic N) is 3. The van der Waals surface area contributed by atoms with Crippen LogP contribution in [0.5, 0.6) is 5.75 Å². The van der Waals surface area contributed by atoms with Gasteiger partial charge < -0.3 is 29.9 Å². The summed E-state index contributed by atoms with van der Waals surface area (Å²) in [7, 11) is 0. The van der Waals surface area contributed by atoms with Crippen molar-refractivity contribution in [2.24, 2.45) is 5.92 Å². The molecule has 0 aromatic heterocycles. The molecule has 0 spiro atoms. The number of piperazine rings is 1. The molecular weight excluding hydrogens is 456 g/mol. The molecule has 0 saturated carbocycles. The molecule has 0 radical (unpaired) electrons. The van der Waals surface area contributed by atoms with Gasteiger partial charge >= 0.3 is 0 Å². The molecular formula is C24H38N4O7. The van der Waals surface area contributed by atoms with Crippen molar-refractivity contribution in [2.45, 2.75) is 19.5 Å². The van der Waals surface area contributed by atoms with Crippen LogP contribution in [0.25, 0.3) is 0 Å². The molecule has 1 amide bonds. The van der Waals surface area contributed by atoms with E-state index >= 15 is 0 Å². The molecule has 0 unspecified atom stereocenters. The number of ether oxygens (including phenoxy) is 2. The molecule has 1 aromatic carbocycles. The summed E-state index contributed by atoms with van der Waals surface area (Å²) in [6, 6.07) is 8.51. The van der Waals surface area contributed by atoms with E-state index in [1.165, 1.54) is 5.56 Å². The van der Waals surface area contributed by atoms with Gasteiger partial charge in [0, 0.05) is 52.4 Å². The maximum absolute atomic E-state index is 12.1. The summed E-state index contributed by atoms with van der Waals surface area (Å²) in [5, 5.41) is 16.9. The molecule has 3 aliphatic rings. The fourth-order valence-electron chi connectivity index (χ4n) is 4.42. The Hall–Kier alpha value is -2.73. The zero-order valence-corrected chi connectivity index (χ0v) is 20.4. The molecule has 196 valence electrons. The number of benzene rings is 1. The summed E-state index contributed by atoms with van der Waals surface area (Å²) in [5.74, 6) is 0.998. The SMILES string of the molecule is CCN1CCN(CCOc2ccc(CN3C[C@H]4COC[C@@H](C3)C(=O)N4)cc2)CC1.O=CO.O=CO. The molecule has 3 N–H and O–H groups in total. The highest BCUT2D eigenvalue weighted by Crippen LogP contribution is 2.18. The molecule has 3 saturated heterocycles. The van der Waals surface area contributed by atoms with Crippen LogP contribution in [0.4, 0.5) is 0 Å². The van der Waals surface area contributed by atoms with E-state index in [0.717, 1.165) is 71.3 Å². The zero-order chi connectivity index (χ0) is 25.5. The van der Waals surface area contributed by atoms with E-state index < -0.39 is 0 Å². The number of hydrogen-bond donors (Lipinski definition) is 3. The van der Waals surface area contributed by atoms with Gasteiger partial charge in [-0.15, -0.1) is 0 Å². The fraction of sp³-hybridized carbons (Fsp3) is 0.625. The monoisotopic (exact) mass is 494 g/mol. The number of hydrogen-bond acceptors (Lipinski definition) is 8. The summed E-state index contributed by atoms with van der Waals surface area (Å²) >= 11 is 0. The minimum atomic E-state index is -0.250. The molecule has 0 aliphatic carbocycles. The van der Waals surface area contributed by atoms with Crippen molar-refractivity contribution in [1.82, 2.24) is 20.0 Å². The Morgan fingerprint density at radius 2 is 1.63 bits per heavy atom. The van der Waals surface area contributed by atoms with E-state index in [-0.39, 0.29) is 30.8 Å². The summed E-state index contributed by atoms with van der Waals surface area (Å²) in [6.07, 6.45) is 0. The number of nitrogens with one attached hydrogen (secondary N) is 1. The van der Waals surface area contributed by atoms with Gasteiger partial charge in [-0.25, -0.2) is 0 Å². The molecule has 3 aliphatic heterocycles. The van der Waals surface area contributed by atoms with E-state index in [9.17, 15) is 4.79 Å². The number of rotatable bonds is 7. The van der Waals surface area contributed by atoms with Crippen LogP contribution in [-0.2, 0) is 25.7 Å². The van der Waals surface area contributed by atoms with Crippen molar-refractivity contribution in [1.29, 1.82) is 0 Å². The smallest absolute Gasteiger partial charge is 0.290 e. The highest BCUT2D eigenvalue weighted by Gasteiger charge is 2.33. The minimum absolute atomic E-state index is 0.0655. The van der Waals surface area contributed by atoms with Crippen LogP contribution < -0.4 is 10.1 Å². The minimum Gasteiger partial charge on any atom is -0.492 e. The topological polar surface area (TPSA) is 132 Å². The number of carbonyl (C=O) groups excluding carboxylic acids is 1. The Kier molecular flexibility index (Phi) is 13.1. The highest BCUT2D eigenvalue weighted by atomic mass is 16.5. The van der Waals surface area contributed by atoms with Crippen LogP contribution in [0.15, 0.2) is 24.3 Å². The molecule has 11 heteroatoms. The zero-order valence-electron chi connectivity index (χ0n) is 20.4. The van der Waals surface area contributed by atoms with Crippen LogP contribution >= 0.6 is 0 Å². The molecule has 2 bridgehead atoms. The van der Waals surface area contributed by atoms with Gasteiger partial charge in [-0.3, -0.25) is 24.2 Å². The Bertz CT molecular complexity index is 751. The Labute approximate surface area is 206 Å². The van der Waals surface area contributed by atoms with Crippen LogP contribution in [0.3, 0.4) is 0 Å². The van der Waals surface area contributed by atoms with E-state index in [1.54, 1.807) is 0 Å². The van der Waals surface area contributed by atoms with Gasteiger partial charge in [0.05, 0.1) is 25.2 Å². The lowest BCUT2D eigenvalue weighted by atomic mass is 10.1. The maximum atomic E-state index is 12.1. The predicted octanol–water partition coefficient (Wildman–Crippen LogP) is 0.0513. The van der Waals surface area contributed by atoms with Crippen LogP contribution in [0.1, 0.15) is 12.5 Å². The van der Waals surface area contributed by atoms with Crippen LogP contribution in [0, 0.1) is 5.92 Å². The normalized spacial score (nSPS) is 22.8. The van der Waals surface area contributed by atoms with Crippen molar-refractivity contribution in [3.8, 4) is 5.75 Å². The molecule has 4 rings (SSSR count). The van der Waals surface area contributed by atoms with E-state index in [4.69, 9.17) is 29.3 Å². The lowest BCUT2D eigenvalue weighted by Crippen LogP contribution is -2.47. The second-order valence-corrected chi connectivity index (χ2v) is 8.61. The highest BCUT2D eigenvalue weighted by molar-refractivity contribution is 5.79. The van der Waals surface area contributed by atoms with Gasteiger partial charge in [0.25, 0.3) is 12.9 Å². The molecule has 1 aromatic rings. The Morgan fingerprint density at radius 3 is 2.26 bits per heavy atom. The quantitative estimate of drug-likeness (QED) is 0.447. The lowest BCUT2D eigenvalue weighted by molar-refractivity contribution is -0.125. The van der Waals surface area contributed by atoms with Crippen molar-refractivity contribution in [3.05, 3.63) is 29.8 Å². The van der Waals surface area contributed by atoms with E-state index in [0.29, 0.717) is 13.2 Å². The van der Waals surface area contributed by atoms with Gasteiger partial charge in [0.15, 0.2) is 0 Å². The number of carbonyl (C=O) groups is 3. The van der Waals surface area contributed by atoms with Gasteiger partial charge in [-0.05, 0) is 24.2 Å². The number of amides is 1. The van der Waals surface area contributed by atoms with Crippen LogP contribution in [0.2, 0.25) is 0 Å². The summed E-state index contributed by atoms with van der Waals surface area (Å²) in [4.78, 5) is 36.2. The van der Waals surface area contributed by atoms with Gasteiger partial charge in [-0.2, -0.15) is 0 Å². The van der Waals surface area contributed by atoms with Gasteiger partial charge in [0.2, 0.25) is 5.91 Å². The first-order chi connectivity index (χ1) is 17.0. The second-order valence-electron chi connectivity index (χ2n) is 8.61. The summed E-state index contributed by atoms with van der Waals surface area (Å²) in [5.41, 5.74) is 1.25. The van der Waals surface area contributed by atoms with Crippen molar-refractivity contribution < 1.29 is 34.1 Å². The van der Waals surface area contributed by atoms with Crippen LogP contribution in [-0.4, -0.2) is 122 Å². The van der Waals surface area contributed by atoms with Gasteiger partial charge in [0.1, 0.15) is 12.4 Å². The Morgan fingerprint density at radius 1 is 1.00 bits per heavy atom. The van der Waals surface area contributed by atoms with E-state index in [1.807, 2.05) is 0 Å². The second kappa shape index (κ2) is 16.0. The third-order valence-corrected chi connectivity index (χ3v) is 6.23. The maximum Gasteiger partial charge on any atom is 0.290 e. The third kappa shape index (κ3) is 10.2. The number of fused-ring (bicyclic) bond motifs is 3. The molecule has 3 heterocycles. The van der Waals surface area contributed by atoms with Crippen molar-refractivity contribution >= 4 is 18.9 Å². The largest absolute Gasteiger partial charge is 0.492 e. The number of likely N-dealkylation sites (N-methyl/N-ethyl adjacent to an activating group) is 1. The third-order valence-electron chi connectivity index (χ3n) is 6.23. The molecule has 35 heavy (non-hydrogen) atoms. The molecule has 2 atom stereocenters. The first kappa shape index (κ1) is 28.5. The van der Waals surface area contributed by atoms with Crippen molar-refractivity contribution in [2.75, 3.05) is 72.2 Å². The molecule has 3 fully saturated rings. The van der Waals surface area contributed by atoms with E-state index in [2.05, 4.69) is 51.2 Å². The lowest BCUT2D eigenvalue weighted by Gasteiger charge is -2.33. The number of carboxylic acid groups (broad SMARTS) is 2. The standard InChI is InChI=1S/C22H34N4O3.2CH2O2/c1-2-24-7-9-25(10-8-24)11-12-29-21-5-3-18(4-6-21)13-26-14-19-16-28-17-20(15-26)23-22(19)27;2*2-1-3/h3-6,19-20H,2,7-17H2,1H3,(H,23,27);2*1H,(H,2,3)/t19-,20+;;/m1../s1. The predicted molar refractivity (Wildman–Crippen MR) is 129 cm³/mol. The van der Waals surface area contributed by atoms with Gasteiger partial charge in [-0.1, -0.05) is 19.1 Å². The first-order valence-corrected chi connectivity index (χ1v) is 12.0. The average molecular weight is 495 g/mol. The first-order valence-electron chi connectivity index (χ1n) is 12.0. The average Bonchev–Trinajstić information content (AvgIpc) is 3.10. The fourth-order valence-corrected chi connectivity index (χ4v) is 4.42. The summed E-state index contributed by atoms with van der Waals surface area (Å²) in [6.45, 7) is 12.8. The summed E-state index contributed by atoms with van der Waals surface area (Å²) < 4.78 is 11.6. The molecule has 11 nitrogen and oxygen atoms in total.